The second-order valence-corrected chi connectivity index (χ2v) is 9.35. The third-order valence-corrected chi connectivity index (χ3v) is 7.57. The summed E-state index contributed by atoms with van der Waals surface area (Å²) in [7, 11) is 1.77. The van der Waals surface area contributed by atoms with Gasteiger partial charge in [0.15, 0.2) is 5.78 Å². The second-order valence-electron chi connectivity index (χ2n) is 6.89. The number of hydrogen-bond donors (Lipinski definition) is 0. The number of hydrogen-bond acceptors (Lipinski definition) is 5. The molecule has 150 valence electrons. The van der Waals surface area contributed by atoms with Gasteiger partial charge in [-0.2, -0.15) is 0 Å². The van der Waals surface area contributed by atoms with Crippen LogP contribution in [-0.4, -0.2) is 26.1 Å². The SMILES string of the molecule is COC1(c2ccc(Sc3ccc(C(=O)c4ccc(F)cc4)cc3)s2)CCOCC1. The zero-order chi connectivity index (χ0) is 20.3. The van der Waals surface area contributed by atoms with Crippen LogP contribution in [0.4, 0.5) is 4.39 Å². The van der Waals surface area contributed by atoms with E-state index in [-0.39, 0.29) is 17.2 Å². The van der Waals surface area contributed by atoms with Crippen LogP contribution in [0.15, 0.2) is 69.8 Å². The molecule has 0 saturated carbocycles. The number of ether oxygens (including phenoxy) is 2. The predicted octanol–water partition coefficient (Wildman–Crippen LogP) is 5.92. The Morgan fingerprint density at radius 2 is 1.62 bits per heavy atom. The van der Waals surface area contributed by atoms with Gasteiger partial charge in [0, 0.05) is 54.1 Å². The van der Waals surface area contributed by atoms with Crippen molar-refractivity contribution in [3.8, 4) is 0 Å². The third kappa shape index (κ3) is 4.46. The van der Waals surface area contributed by atoms with Gasteiger partial charge >= 0.3 is 0 Å². The van der Waals surface area contributed by atoms with Gasteiger partial charge in [-0.3, -0.25) is 4.79 Å². The lowest BCUT2D eigenvalue weighted by Gasteiger charge is -2.35. The van der Waals surface area contributed by atoms with Crippen molar-refractivity contribution in [2.45, 2.75) is 27.5 Å². The maximum Gasteiger partial charge on any atom is 0.193 e. The molecule has 1 aromatic heterocycles. The van der Waals surface area contributed by atoms with Crippen molar-refractivity contribution in [1.82, 2.24) is 0 Å². The number of carbonyl (C=O) groups is 1. The summed E-state index contributed by atoms with van der Waals surface area (Å²) in [5.41, 5.74) is 0.831. The van der Waals surface area contributed by atoms with E-state index >= 15 is 0 Å². The standard InChI is InChI=1S/C23H21FO3S2/c1-26-23(12-14-27-15-13-23)20-10-11-21(29-20)28-19-8-4-17(5-9-19)22(25)16-2-6-18(24)7-3-16/h2-11H,12-15H2,1H3. The van der Waals surface area contributed by atoms with Crippen LogP contribution in [0.1, 0.15) is 33.6 Å². The Kier molecular flexibility index (Phi) is 6.15. The molecule has 0 radical (unpaired) electrons. The molecule has 1 aliphatic heterocycles. The topological polar surface area (TPSA) is 35.5 Å². The smallest absolute Gasteiger partial charge is 0.193 e. The van der Waals surface area contributed by atoms with Gasteiger partial charge in [0.2, 0.25) is 0 Å². The van der Waals surface area contributed by atoms with Crippen molar-refractivity contribution < 1.29 is 18.7 Å². The van der Waals surface area contributed by atoms with Gasteiger partial charge in [0.05, 0.1) is 4.21 Å². The van der Waals surface area contributed by atoms with E-state index < -0.39 is 0 Å². The lowest BCUT2D eigenvalue weighted by molar-refractivity contribution is -0.0925. The number of carbonyl (C=O) groups excluding carboxylic acids is 1. The lowest BCUT2D eigenvalue weighted by atomic mass is 9.92. The Bertz CT molecular complexity index is 974. The van der Waals surface area contributed by atoms with Crippen LogP contribution in [0.25, 0.3) is 0 Å². The fraction of sp³-hybridized carbons (Fsp3) is 0.261. The van der Waals surface area contributed by atoms with E-state index in [9.17, 15) is 9.18 Å². The molecule has 0 amide bonds. The molecule has 0 atom stereocenters. The molecule has 0 unspecified atom stereocenters. The normalized spacial score (nSPS) is 15.9. The number of ketones is 1. The first kappa shape index (κ1) is 20.3. The molecule has 2 aromatic carbocycles. The van der Waals surface area contributed by atoms with Gasteiger partial charge in [-0.15, -0.1) is 11.3 Å². The Balaban J connectivity index is 1.46. The first-order valence-corrected chi connectivity index (χ1v) is 11.0. The highest BCUT2D eigenvalue weighted by molar-refractivity contribution is 8.01. The highest BCUT2D eigenvalue weighted by atomic mass is 32.2. The van der Waals surface area contributed by atoms with Crippen LogP contribution >= 0.6 is 23.1 Å². The first-order valence-electron chi connectivity index (χ1n) is 9.41. The fourth-order valence-electron chi connectivity index (χ4n) is 3.43. The van der Waals surface area contributed by atoms with E-state index in [1.54, 1.807) is 30.2 Å². The van der Waals surface area contributed by atoms with Crippen molar-refractivity contribution >= 4 is 28.9 Å². The van der Waals surface area contributed by atoms with E-state index in [0.29, 0.717) is 11.1 Å². The van der Waals surface area contributed by atoms with Crippen LogP contribution in [0.3, 0.4) is 0 Å². The summed E-state index contributed by atoms with van der Waals surface area (Å²) in [6, 6.07) is 17.4. The molecular weight excluding hydrogens is 407 g/mol. The lowest BCUT2D eigenvalue weighted by Crippen LogP contribution is -2.34. The van der Waals surface area contributed by atoms with E-state index in [2.05, 4.69) is 12.1 Å². The fourth-order valence-corrected chi connectivity index (χ4v) is 5.76. The Morgan fingerprint density at radius 1 is 1.00 bits per heavy atom. The number of thiophene rings is 1. The van der Waals surface area contributed by atoms with Crippen molar-refractivity contribution in [1.29, 1.82) is 0 Å². The third-order valence-electron chi connectivity index (χ3n) is 5.16. The highest BCUT2D eigenvalue weighted by Gasteiger charge is 2.35. The zero-order valence-electron chi connectivity index (χ0n) is 16.0. The van der Waals surface area contributed by atoms with E-state index in [1.165, 1.54) is 33.4 Å². The number of rotatable bonds is 6. The number of methoxy groups -OCH3 is 1. The van der Waals surface area contributed by atoms with Gasteiger partial charge in [0.1, 0.15) is 11.4 Å². The van der Waals surface area contributed by atoms with Gasteiger partial charge in [-0.25, -0.2) is 4.39 Å². The molecule has 0 aliphatic carbocycles. The molecule has 0 bridgehead atoms. The Morgan fingerprint density at radius 3 is 2.24 bits per heavy atom. The molecule has 1 fully saturated rings. The minimum atomic E-state index is -0.348. The van der Waals surface area contributed by atoms with Gasteiger partial charge in [-0.1, -0.05) is 11.8 Å². The van der Waals surface area contributed by atoms with E-state index in [4.69, 9.17) is 9.47 Å². The number of benzene rings is 2. The molecule has 0 N–H and O–H groups in total. The quantitative estimate of drug-likeness (QED) is 0.457. The number of halogens is 1. The summed E-state index contributed by atoms with van der Waals surface area (Å²) in [6.07, 6.45) is 1.74. The monoisotopic (exact) mass is 428 g/mol. The summed E-state index contributed by atoms with van der Waals surface area (Å²) in [5, 5.41) is 0. The minimum absolute atomic E-state index is 0.110. The Hall–Kier alpha value is -1.99. The molecule has 3 aromatic rings. The summed E-state index contributed by atoms with van der Waals surface area (Å²) < 4.78 is 25.6. The second kappa shape index (κ2) is 8.79. The van der Waals surface area contributed by atoms with Crippen molar-refractivity contribution in [2.24, 2.45) is 0 Å². The maximum atomic E-state index is 13.1. The molecular formula is C23H21FO3S2. The average Bonchev–Trinajstić information content (AvgIpc) is 3.24. The van der Waals surface area contributed by atoms with Crippen LogP contribution in [0, 0.1) is 5.82 Å². The van der Waals surface area contributed by atoms with Crippen LogP contribution in [-0.2, 0) is 15.1 Å². The molecule has 1 saturated heterocycles. The molecule has 1 aliphatic rings. The van der Waals surface area contributed by atoms with Crippen LogP contribution < -0.4 is 0 Å². The Labute approximate surface area is 177 Å². The molecule has 2 heterocycles. The van der Waals surface area contributed by atoms with Crippen LogP contribution in [0.5, 0.6) is 0 Å². The molecule has 6 heteroatoms. The van der Waals surface area contributed by atoms with Gasteiger partial charge < -0.3 is 9.47 Å². The first-order chi connectivity index (χ1) is 14.1. The predicted molar refractivity (Wildman–Crippen MR) is 113 cm³/mol. The summed E-state index contributed by atoms with van der Waals surface area (Å²) >= 11 is 3.42. The summed E-state index contributed by atoms with van der Waals surface area (Å²) in [4.78, 5) is 14.8. The van der Waals surface area contributed by atoms with Crippen molar-refractivity contribution in [3.05, 3.63) is 82.5 Å². The maximum absolute atomic E-state index is 13.1. The minimum Gasteiger partial charge on any atom is -0.381 e. The van der Waals surface area contributed by atoms with Gasteiger partial charge in [-0.05, 0) is 60.7 Å². The van der Waals surface area contributed by atoms with Gasteiger partial charge in [0.25, 0.3) is 0 Å². The molecule has 0 spiro atoms. The largest absolute Gasteiger partial charge is 0.381 e. The highest BCUT2D eigenvalue weighted by Crippen LogP contribution is 2.43. The molecule has 3 nitrogen and oxygen atoms in total. The average molecular weight is 429 g/mol. The summed E-state index contributed by atoms with van der Waals surface area (Å²) in [5.74, 6) is -0.457. The van der Waals surface area contributed by atoms with Crippen LogP contribution in [0.2, 0.25) is 0 Å². The molecule has 29 heavy (non-hydrogen) atoms. The molecule has 4 rings (SSSR count). The zero-order valence-corrected chi connectivity index (χ0v) is 17.7. The van der Waals surface area contributed by atoms with E-state index in [0.717, 1.165) is 31.0 Å². The van der Waals surface area contributed by atoms with E-state index in [1.807, 2.05) is 24.3 Å². The van der Waals surface area contributed by atoms with Crippen molar-refractivity contribution in [2.75, 3.05) is 20.3 Å². The summed E-state index contributed by atoms with van der Waals surface area (Å²) in [6.45, 7) is 1.44. The van der Waals surface area contributed by atoms with Crippen molar-refractivity contribution in [3.63, 3.8) is 0 Å².